The van der Waals surface area contributed by atoms with Gasteiger partial charge in [-0.3, -0.25) is 4.79 Å². The van der Waals surface area contributed by atoms with Crippen LogP contribution in [-0.2, 0) is 17.8 Å². The normalized spacial score (nSPS) is 13.5. The van der Waals surface area contributed by atoms with E-state index < -0.39 is 0 Å². The zero-order valence-corrected chi connectivity index (χ0v) is 11.4. The quantitative estimate of drug-likeness (QED) is 0.911. The maximum Gasteiger partial charge on any atom is 0.224 e. The number of amides is 1. The van der Waals surface area contributed by atoms with Gasteiger partial charge in [-0.25, -0.2) is 4.39 Å². The molecular weight excluding hydrogens is 271 g/mol. The van der Waals surface area contributed by atoms with Crippen molar-refractivity contribution in [1.29, 1.82) is 0 Å². The van der Waals surface area contributed by atoms with Crippen molar-refractivity contribution in [1.82, 2.24) is 0 Å². The van der Waals surface area contributed by atoms with Crippen LogP contribution in [0.4, 0.5) is 10.1 Å². The molecule has 0 atom stereocenters. The third kappa shape index (κ3) is 2.87. The first kappa shape index (κ1) is 13.6. The van der Waals surface area contributed by atoms with E-state index in [1.54, 1.807) is 12.1 Å². The lowest BCUT2D eigenvalue weighted by Crippen LogP contribution is -2.18. The van der Waals surface area contributed by atoms with Crippen LogP contribution in [0, 0.1) is 5.82 Å². The number of ether oxygens (including phenoxy) is 1. The van der Waals surface area contributed by atoms with Gasteiger partial charge in [-0.2, -0.15) is 0 Å². The van der Waals surface area contributed by atoms with Gasteiger partial charge in [0.2, 0.25) is 5.91 Å². The van der Waals surface area contributed by atoms with Crippen molar-refractivity contribution >= 4 is 11.6 Å². The highest BCUT2D eigenvalue weighted by Gasteiger charge is 2.15. The second-order valence-corrected chi connectivity index (χ2v) is 4.93. The summed E-state index contributed by atoms with van der Waals surface area (Å²) in [5.74, 6) is 0.876. The first-order valence-electron chi connectivity index (χ1n) is 6.75. The summed E-state index contributed by atoms with van der Waals surface area (Å²) in [5.41, 5.74) is 8.06. The Morgan fingerprint density at radius 3 is 2.86 bits per heavy atom. The minimum absolute atomic E-state index is 0.0279. The van der Waals surface area contributed by atoms with Gasteiger partial charge in [0.05, 0.1) is 0 Å². The number of nitrogens with two attached hydrogens (primary N) is 1. The number of benzene rings is 2. The topological polar surface area (TPSA) is 64.3 Å². The van der Waals surface area contributed by atoms with Gasteiger partial charge in [-0.05, 0) is 48.4 Å². The summed E-state index contributed by atoms with van der Waals surface area (Å²) in [6, 6.07) is 9.75. The summed E-state index contributed by atoms with van der Waals surface area (Å²) in [7, 11) is 0. The van der Waals surface area contributed by atoms with Crippen LogP contribution in [0.25, 0.3) is 0 Å². The minimum Gasteiger partial charge on any atom is -0.457 e. The number of carbonyl (C=O) groups is 1. The third-order valence-electron chi connectivity index (χ3n) is 3.44. The number of hydrogen-bond acceptors (Lipinski definition) is 3. The highest BCUT2D eigenvalue weighted by Crippen LogP contribution is 2.31. The second-order valence-electron chi connectivity index (χ2n) is 4.93. The van der Waals surface area contributed by atoms with Gasteiger partial charge in [0.1, 0.15) is 17.3 Å². The molecule has 0 bridgehead atoms. The monoisotopic (exact) mass is 286 g/mol. The number of anilines is 1. The number of hydrogen-bond donors (Lipinski definition) is 2. The van der Waals surface area contributed by atoms with Gasteiger partial charge in [0, 0.05) is 24.2 Å². The van der Waals surface area contributed by atoms with Crippen molar-refractivity contribution in [2.75, 3.05) is 5.32 Å². The molecule has 2 aromatic rings. The first-order chi connectivity index (χ1) is 10.2. The molecule has 1 aliphatic heterocycles. The molecule has 0 fully saturated rings. The second kappa shape index (κ2) is 5.54. The van der Waals surface area contributed by atoms with Gasteiger partial charge in [0.15, 0.2) is 0 Å². The van der Waals surface area contributed by atoms with Gasteiger partial charge in [-0.1, -0.05) is 0 Å². The number of fused-ring (bicyclic) bond motifs is 1. The zero-order valence-electron chi connectivity index (χ0n) is 11.4. The molecule has 0 saturated carbocycles. The number of nitrogens with one attached hydrogen (secondary N) is 1. The number of halogens is 1. The molecule has 0 aromatic heterocycles. The lowest BCUT2D eigenvalue weighted by molar-refractivity contribution is -0.116. The Hall–Kier alpha value is -2.40. The fourth-order valence-corrected chi connectivity index (χ4v) is 2.36. The van der Waals surface area contributed by atoms with Crippen LogP contribution in [0.2, 0.25) is 0 Å². The molecule has 0 aliphatic carbocycles. The van der Waals surface area contributed by atoms with Crippen LogP contribution < -0.4 is 15.8 Å². The predicted octanol–water partition coefficient (Wildman–Crippen LogP) is 2.96. The van der Waals surface area contributed by atoms with Crippen LogP contribution in [0.5, 0.6) is 11.5 Å². The van der Waals surface area contributed by atoms with Crippen molar-refractivity contribution in [2.24, 2.45) is 5.73 Å². The van der Waals surface area contributed by atoms with Crippen LogP contribution in [0.1, 0.15) is 17.5 Å². The number of carbonyl (C=O) groups excluding carboxylic acids is 1. The Bertz CT molecular complexity index is 701. The van der Waals surface area contributed by atoms with E-state index >= 15 is 0 Å². The van der Waals surface area contributed by atoms with Gasteiger partial charge in [-0.15, -0.1) is 0 Å². The largest absolute Gasteiger partial charge is 0.457 e. The van der Waals surface area contributed by atoms with E-state index in [2.05, 4.69) is 5.32 Å². The molecule has 3 rings (SSSR count). The molecule has 1 amide bonds. The fraction of sp³-hybridized carbons (Fsp3) is 0.188. The molecule has 3 N–H and O–H groups in total. The predicted molar refractivity (Wildman–Crippen MR) is 77.8 cm³/mol. The molecule has 21 heavy (non-hydrogen) atoms. The Morgan fingerprint density at radius 2 is 2.05 bits per heavy atom. The van der Waals surface area contributed by atoms with Crippen LogP contribution >= 0.6 is 0 Å². The van der Waals surface area contributed by atoms with Gasteiger partial charge < -0.3 is 15.8 Å². The van der Waals surface area contributed by atoms with Crippen molar-refractivity contribution in [2.45, 2.75) is 19.4 Å². The fourth-order valence-electron chi connectivity index (χ4n) is 2.36. The maximum absolute atomic E-state index is 13.2. The first-order valence-corrected chi connectivity index (χ1v) is 6.75. The van der Waals surface area contributed by atoms with E-state index in [0.29, 0.717) is 29.9 Å². The minimum atomic E-state index is -0.337. The molecule has 5 heteroatoms. The standard InChI is InChI=1S/C16H15FN2O2/c17-12-2-5-15(11(7-12)9-18)21-13-3-4-14-10(8-13)1-6-16(20)19-14/h2-5,7-8H,1,6,9,18H2,(H,19,20). The Labute approximate surface area is 121 Å². The van der Waals surface area contributed by atoms with E-state index in [1.807, 2.05) is 12.1 Å². The SMILES string of the molecule is NCc1cc(F)ccc1Oc1ccc2c(c1)CCC(=O)N2. The summed E-state index contributed by atoms with van der Waals surface area (Å²) in [4.78, 5) is 11.3. The smallest absolute Gasteiger partial charge is 0.224 e. The lowest BCUT2D eigenvalue weighted by atomic mass is 10.0. The molecular formula is C16H15FN2O2. The molecule has 0 unspecified atom stereocenters. The maximum atomic E-state index is 13.2. The Morgan fingerprint density at radius 1 is 1.19 bits per heavy atom. The number of aryl methyl sites for hydroxylation is 1. The number of rotatable bonds is 3. The van der Waals surface area contributed by atoms with Gasteiger partial charge >= 0.3 is 0 Å². The van der Waals surface area contributed by atoms with Gasteiger partial charge in [0.25, 0.3) is 0 Å². The molecule has 108 valence electrons. The van der Waals surface area contributed by atoms with Crippen molar-refractivity contribution < 1.29 is 13.9 Å². The molecule has 2 aromatic carbocycles. The molecule has 0 saturated heterocycles. The average molecular weight is 286 g/mol. The van der Waals surface area contributed by atoms with Crippen molar-refractivity contribution in [3.05, 3.63) is 53.3 Å². The Kier molecular flexibility index (Phi) is 3.58. The Balaban J connectivity index is 1.87. The summed E-state index contributed by atoms with van der Waals surface area (Å²) in [6.07, 6.45) is 1.16. The molecule has 0 radical (unpaired) electrons. The molecule has 1 heterocycles. The van der Waals surface area contributed by atoms with E-state index in [4.69, 9.17) is 10.5 Å². The molecule has 4 nitrogen and oxygen atoms in total. The van der Waals surface area contributed by atoms with Crippen LogP contribution in [0.15, 0.2) is 36.4 Å². The van der Waals surface area contributed by atoms with E-state index in [1.165, 1.54) is 12.1 Å². The van der Waals surface area contributed by atoms with Crippen LogP contribution in [-0.4, -0.2) is 5.91 Å². The van der Waals surface area contributed by atoms with Crippen molar-refractivity contribution in [3.8, 4) is 11.5 Å². The highest BCUT2D eigenvalue weighted by atomic mass is 19.1. The molecule has 0 spiro atoms. The van der Waals surface area contributed by atoms with E-state index in [-0.39, 0.29) is 18.3 Å². The van der Waals surface area contributed by atoms with Crippen molar-refractivity contribution in [3.63, 3.8) is 0 Å². The summed E-state index contributed by atoms with van der Waals surface area (Å²) in [5, 5.41) is 2.82. The third-order valence-corrected chi connectivity index (χ3v) is 3.44. The van der Waals surface area contributed by atoms with E-state index in [9.17, 15) is 9.18 Å². The lowest BCUT2D eigenvalue weighted by Gasteiger charge is -2.18. The highest BCUT2D eigenvalue weighted by molar-refractivity contribution is 5.94. The average Bonchev–Trinajstić information content (AvgIpc) is 2.49. The summed E-state index contributed by atoms with van der Waals surface area (Å²) < 4.78 is 19.0. The molecule has 1 aliphatic rings. The zero-order chi connectivity index (χ0) is 14.8. The summed E-state index contributed by atoms with van der Waals surface area (Å²) >= 11 is 0. The van der Waals surface area contributed by atoms with E-state index in [0.717, 1.165) is 11.3 Å². The van der Waals surface area contributed by atoms with Crippen LogP contribution in [0.3, 0.4) is 0 Å². The summed E-state index contributed by atoms with van der Waals surface area (Å²) in [6.45, 7) is 0.202.